The maximum absolute atomic E-state index is 13.7. The van der Waals surface area contributed by atoms with Gasteiger partial charge < -0.3 is 11.5 Å². The summed E-state index contributed by atoms with van der Waals surface area (Å²) >= 11 is 0. The van der Waals surface area contributed by atoms with Gasteiger partial charge in [0.1, 0.15) is 5.82 Å². The summed E-state index contributed by atoms with van der Waals surface area (Å²) in [5.74, 6) is -0.0732. The maximum Gasteiger partial charge on any atom is 0.419 e. The summed E-state index contributed by atoms with van der Waals surface area (Å²) < 4.78 is 41.1. The monoisotopic (exact) mass is 468 g/mol. The van der Waals surface area contributed by atoms with Gasteiger partial charge in [-0.3, -0.25) is 4.79 Å². The number of halogens is 3. The predicted octanol–water partition coefficient (Wildman–Crippen LogP) is 4.41. The fourth-order valence-electron chi connectivity index (χ4n) is 4.32. The molecule has 3 aromatic rings. The van der Waals surface area contributed by atoms with E-state index < -0.39 is 23.1 Å². The van der Waals surface area contributed by atoms with Crippen LogP contribution in [0.25, 0.3) is 0 Å². The van der Waals surface area contributed by atoms with Gasteiger partial charge in [0.25, 0.3) is 0 Å². The highest BCUT2D eigenvalue weighted by Crippen LogP contribution is 2.49. The van der Waals surface area contributed by atoms with E-state index in [-0.39, 0.29) is 18.2 Å². The molecule has 4 rings (SSSR count). The van der Waals surface area contributed by atoms with Gasteiger partial charge in [0, 0.05) is 18.7 Å². The first-order chi connectivity index (χ1) is 16.1. The molecule has 1 fully saturated rings. The third-order valence-corrected chi connectivity index (χ3v) is 6.48. The first-order valence-corrected chi connectivity index (χ1v) is 11.2. The number of nitrogens with two attached hydrogens (primary N) is 2. The van der Waals surface area contributed by atoms with Crippen LogP contribution in [-0.4, -0.2) is 15.9 Å². The number of benzene rings is 2. The fraction of sp³-hybridized carbons (Fsp3) is 0.346. The Bertz CT molecular complexity index is 1190. The molecule has 1 atom stereocenters. The Morgan fingerprint density at radius 1 is 1.09 bits per heavy atom. The number of aromatic nitrogens is 2. The summed E-state index contributed by atoms with van der Waals surface area (Å²) in [7, 11) is 0. The lowest BCUT2D eigenvalue weighted by atomic mass is 9.88. The van der Waals surface area contributed by atoms with Gasteiger partial charge in [-0.05, 0) is 54.9 Å². The lowest BCUT2D eigenvalue weighted by Gasteiger charge is -2.17. The van der Waals surface area contributed by atoms with Crippen LogP contribution in [-0.2, 0) is 35.6 Å². The molecule has 1 heterocycles. The molecule has 8 heteroatoms. The first-order valence-electron chi connectivity index (χ1n) is 11.2. The topological polar surface area (TPSA) is 94.9 Å². The number of primary amides is 1. The molecule has 1 unspecified atom stereocenters. The summed E-state index contributed by atoms with van der Waals surface area (Å²) in [5.41, 5.74) is 13.4. The molecule has 178 valence electrons. The van der Waals surface area contributed by atoms with Crippen LogP contribution < -0.4 is 11.5 Å². The zero-order valence-electron chi connectivity index (χ0n) is 18.9. The molecule has 1 aromatic heterocycles. The van der Waals surface area contributed by atoms with Gasteiger partial charge in [0.05, 0.1) is 16.7 Å². The molecule has 1 aliphatic carbocycles. The normalized spacial score (nSPS) is 15.7. The molecule has 0 saturated heterocycles. The van der Waals surface area contributed by atoms with Gasteiger partial charge in [0.2, 0.25) is 5.91 Å². The fourth-order valence-corrected chi connectivity index (χ4v) is 4.32. The lowest BCUT2D eigenvalue weighted by Crippen LogP contribution is -2.29. The van der Waals surface area contributed by atoms with Crippen molar-refractivity contribution in [3.05, 3.63) is 94.1 Å². The van der Waals surface area contributed by atoms with Crippen LogP contribution in [0.4, 0.5) is 13.2 Å². The number of hydrogen-bond acceptors (Lipinski definition) is 4. The van der Waals surface area contributed by atoms with E-state index in [2.05, 4.69) is 9.97 Å². The number of rotatable bonds is 8. The highest BCUT2D eigenvalue weighted by Gasteiger charge is 2.50. The number of nitrogens with zero attached hydrogens (tertiary/aromatic N) is 2. The molecule has 0 bridgehead atoms. The van der Waals surface area contributed by atoms with Crippen LogP contribution in [0.3, 0.4) is 0 Å². The predicted molar refractivity (Wildman–Crippen MR) is 123 cm³/mol. The van der Waals surface area contributed by atoms with Crippen molar-refractivity contribution >= 4 is 5.91 Å². The summed E-state index contributed by atoms with van der Waals surface area (Å²) in [5, 5.41) is 0. The smallest absolute Gasteiger partial charge is 0.369 e. The van der Waals surface area contributed by atoms with Crippen molar-refractivity contribution in [2.75, 3.05) is 0 Å². The maximum atomic E-state index is 13.7. The average molecular weight is 469 g/mol. The number of carbonyl (C=O) groups excluding carboxylic acids is 1. The van der Waals surface area contributed by atoms with E-state index in [0.29, 0.717) is 31.5 Å². The standard InChI is InChI=1S/C26H27F3N4O/c1-16(30)18-8-6-17(7-9-18)14-23-32-15-21(26(27,28)29)22(33-23)11-10-19-4-2-3-5-20(19)25(12-13-25)24(31)34/h2-9,15-16H,10-14,30H2,1H3,(H2,31,34). The Hall–Kier alpha value is -3.26. The second kappa shape index (κ2) is 9.18. The zero-order chi connectivity index (χ0) is 24.5. The summed E-state index contributed by atoms with van der Waals surface area (Å²) in [6, 6.07) is 14.8. The molecule has 0 spiro atoms. The Morgan fingerprint density at radius 2 is 1.76 bits per heavy atom. The third kappa shape index (κ3) is 4.97. The SMILES string of the molecule is CC(N)c1ccc(Cc2ncc(C(F)(F)F)c(CCc3ccccc3C3(C(N)=O)CC3)n2)cc1. The molecule has 1 amide bonds. The molecule has 4 N–H and O–H groups in total. The molecule has 1 aliphatic rings. The molecule has 5 nitrogen and oxygen atoms in total. The Morgan fingerprint density at radius 3 is 2.35 bits per heavy atom. The van der Waals surface area contributed by atoms with E-state index in [4.69, 9.17) is 11.5 Å². The number of hydrogen-bond donors (Lipinski definition) is 2. The lowest BCUT2D eigenvalue weighted by molar-refractivity contribution is -0.138. The van der Waals surface area contributed by atoms with Gasteiger partial charge in [-0.2, -0.15) is 13.2 Å². The van der Waals surface area contributed by atoms with Crippen LogP contribution in [0, 0.1) is 0 Å². The van der Waals surface area contributed by atoms with E-state index in [9.17, 15) is 18.0 Å². The van der Waals surface area contributed by atoms with E-state index in [1.807, 2.05) is 55.5 Å². The largest absolute Gasteiger partial charge is 0.419 e. The zero-order valence-corrected chi connectivity index (χ0v) is 18.9. The van der Waals surface area contributed by atoms with E-state index in [0.717, 1.165) is 28.5 Å². The van der Waals surface area contributed by atoms with Gasteiger partial charge in [0.15, 0.2) is 0 Å². The molecule has 0 aliphatic heterocycles. The molecular formula is C26H27F3N4O. The van der Waals surface area contributed by atoms with Crippen LogP contribution in [0.2, 0.25) is 0 Å². The molecule has 34 heavy (non-hydrogen) atoms. The summed E-state index contributed by atoms with van der Waals surface area (Å²) in [6.07, 6.45) is -1.68. The van der Waals surface area contributed by atoms with Crippen molar-refractivity contribution in [3.63, 3.8) is 0 Å². The minimum atomic E-state index is -4.56. The molecule has 2 aromatic carbocycles. The van der Waals surface area contributed by atoms with Crippen molar-refractivity contribution in [3.8, 4) is 0 Å². The Kier molecular flexibility index (Phi) is 6.45. The van der Waals surface area contributed by atoms with E-state index in [1.165, 1.54) is 0 Å². The number of alkyl halides is 3. The minimum absolute atomic E-state index is 0.0524. The van der Waals surface area contributed by atoms with Crippen molar-refractivity contribution in [1.82, 2.24) is 9.97 Å². The number of carbonyl (C=O) groups is 1. The first kappa shape index (κ1) is 23.9. The highest BCUT2D eigenvalue weighted by molar-refractivity contribution is 5.90. The Labute approximate surface area is 196 Å². The van der Waals surface area contributed by atoms with Gasteiger partial charge >= 0.3 is 6.18 Å². The molecule has 1 saturated carbocycles. The quantitative estimate of drug-likeness (QED) is 0.512. The number of amides is 1. The minimum Gasteiger partial charge on any atom is -0.369 e. The highest BCUT2D eigenvalue weighted by atomic mass is 19.4. The third-order valence-electron chi connectivity index (χ3n) is 6.48. The van der Waals surface area contributed by atoms with E-state index >= 15 is 0 Å². The van der Waals surface area contributed by atoms with Crippen molar-refractivity contribution in [2.24, 2.45) is 11.5 Å². The van der Waals surface area contributed by atoms with Crippen molar-refractivity contribution in [2.45, 2.75) is 56.7 Å². The Balaban J connectivity index is 1.59. The molecular weight excluding hydrogens is 441 g/mol. The summed E-state index contributed by atoms with van der Waals surface area (Å²) in [4.78, 5) is 20.3. The average Bonchev–Trinajstić information content (AvgIpc) is 3.60. The van der Waals surface area contributed by atoms with Crippen molar-refractivity contribution in [1.29, 1.82) is 0 Å². The molecule has 0 radical (unpaired) electrons. The second-order valence-corrected chi connectivity index (χ2v) is 8.95. The van der Waals surface area contributed by atoms with Crippen LogP contribution in [0.1, 0.15) is 65.1 Å². The van der Waals surface area contributed by atoms with Gasteiger partial charge in [-0.15, -0.1) is 0 Å². The van der Waals surface area contributed by atoms with Crippen LogP contribution in [0.15, 0.2) is 54.7 Å². The van der Waals surface area contributed by atoms with Gasteiger partial charge in [-0.25, -0.2) is 9.97 Å². The van der Waals surface area contributed by atoms with E-state index in [1.54, 1.807) is 0 Å². The summed E-state index contributed by atoms with van der Waals surface area (Å²) in [6.45, 7) is 1.88. The van der Waals surface area contributed by atoms with Crippen LogP contribution >= 0.6 is 0 Å². The second-order valence-electron chi connectivity index (χ2n) is 8.95. The van der Waals surface area contributed by atoms with Crippen molar-refractivity contribution < 1.29 is 18.0 Å². The van der Waals surface area contributed by atoms with Crippen LogP contribution in [0.5, 0.6) is 0 Å². The number of aryl methyl sites for hydroxylation is 2. The van der Waals surface area contributed by atoms with Gasteiger partial charge in [-0.1, -0.05) is 48.5 Å².